The lowest BCUT2D eigenvalue weighted by molar-refractivity contribution is -0.125. The van der Waals surface area contributed by atoms with Gasteiger partial charge in [-0.2, -0.15) is 0 Å². The maximum absolute atomic E-state index is 12.1. The van der Waals surface area contributed by atoms with Crippen LogP contribution < -0.4 is 11.1 Å². The predicted octanol–water partition coefficient (Wildman–Crippen LogP) is 0.878. The number of pyridine rings is 1. The minimum atomic E-state index is -0.682. The fraction of sp³-hybridized carbons (Fsp3) is 0.235. The van der Waals surface area contributed by atoms with E-state index in [0.29, 0.717) is 12.8 Å². The molecule has 114 valence electrons. The number of nitrogens with one attached hydrogen (secondary N) is 1. The van der Waals surface area contributed by atoms with Crippen LogP contribution in [-0.4, -0.2) is 29.3 Å². The van der Waals surface area contributed by atoms with E-state index in [1.165, 1.54) is 0 Å². The molecule has 1 aromatic heterocycles. The normalized spacial score (nSPS) is 13.1. The Kier molecular flexibility index (Phi) is 5.80. The van der Waals surface area contributed by atoms with Crippen LogP contribution in [0.4, 0.5) is 0 Å². The Labute approximate surface area is 129 Å². The van der Waals surface area contributed by atoms with Crippen LogP contribution in [0.1, 0.15) is 11.1 Å². The molecule has 0 fully saturated rings. The Morgan fingerprint density at radius 1 is 1.14 bits per heavy atom. The molecule has 0 unspecified atom stereocenters. The Morgan fingerprint density at radius 2 is 1.86 bits per heavy atom. The number of rotatable bonds is 7. The lowest BCUT2D eigenvalue weighted by Gasteiger charge is -2.16. The molecule has 0 saturated carbocycles. The number of hydrogen-bond acceptors (Lipinski definition) is 4. The minimum Gasteiger partial charge on any atom is -0.345 e. The number of aromatic nitrogens is 1. The average Bonchev–Trinajstić information content (AvgIpc) is 2.56. The number of nitrogens with zero attached hydrogens (tertiary/aromatic N) is 1. The van der Waals surface area contributed by atoms with Gasteiger partial charge in [0.15, 0.2) is 0 Å². The van der Waals surface area contributed by atoms with Gasteiger partial charge in [0, 0.05) is 18.8 Å². The van der Waals surface area contributed by atoms with Gasteiger partial charge in [0.25, 0.3) is 0 Å². The summed E-state index contributed by atoms with van der Waals surface area (Å²) in [5, 5.41) is 2.68. The zero-order valence-electron chi connectivity index (χ0n) is 12.2. The Morgan fingerprint density at radius 3 is 2.50 bits per heavy atom. The van der Waals surface area contributed by atoms with Crippen molar-refractivity contribution in [3.63, 3.8) is 0 Å². The fourth-order valence-corrected chi connectivity index (χ4v) is 2.16. The zero-order valence-corrected chi connectivity index (χ0v) is 12.2. The monoisotopic (exact) mass is 297 g/mol. The van der Waals surface area contributed by atoms with Gasteiger partial charge in [-0.3, -0.25) is 9.78 Å². The molecule has 1 heterocycles. The summed E-state index contributed by atoms with van der Waals surface area (Å²) >= 11 is 0. The third kappa shape index (κ3) is 4.79. The molecule has 22 heavy (non-hydrogen) atoms. The number of carbonyl (C=O) groups excluding carboxylic acids is 2. The molecule has 5 heteroatoms. The first-order valence-corrected chi connectivity index (χ1v) is 7.13. The van der Waals surface area contributed by atoms with Gasteiger partial charge in [-0.05, 0) is 23.6 Å². The van der Waals surface area contributed by atoms with E-state index in [2.05, 4.69) is 10.3 Å². The summed E-state index contributed by atoms with van der Waals surface area (Å²) in [5.41, 5.74) is 7.78. The third-order valence-electron chi connectivity index (χ3n) is 3.31. The summed E-state index contributed by atoms with van der Waals surface area (Å²) in [4.78, 5) is 27.2. The summed E-state index contributed by atoms with van der Waals surface area (Å²) < 4.78 is 0. The minimum absolute atomic E-state index is 0.329. The number of hydrogen-bond donors (Lipinski definition) is 2. The van der Waals surface area contributed by atoms with Gasteiger partial charge in [0.2, 0.25) is 5.91 Å². The van der Waals surface area contributed by atoms with Gasteiger partial charge in [0.1, 0.15) is 6.29 Å². The zero-order chi connectivity index (χ0) is 15.8. The first-order valence-electron chi connectivity index (χ1n) is 7.13. The predicted molar refractivity (Wildman–Crippen MR) is 84.1 cm³/mol. The summed E-state index contributed by atoms with van der Waals surface area (Å²) in [7, 11) is 0. The summed E-state index contributed by atoms with van der Waals surface area (Å²) in [6.07, 6.45) is 4.90. The van der Waals surface area contributed by atoms with Crippen molar-refractivity contribution < 1.29 is 9.59 Å². The van der Waals surface area contributed by atoms with Gasteiger partial charge in [-0.15, -0.1) is 0 Å². The molecule has 2 aromatic rings. The molecule has 0 bridgehead atoms. The van der Waals surface area contributed by atoms with Gasteiger partial charge in [-0.1, -0.05) is 36.4 Å². The van der Waals surface area contributed by atoms with Gasteiger partial charge < -0.3 is 15.8 Å². The van der Waals surface area contributed by atoms with Crippen LogP contribution in [-0.2, 0) is 22.4 Å². The number of benzene rings is 1. The molecule has 0 saturated heterocycles. The fourth-order valence-electron chi connectivity index (χ4n) is 2.16. The van der Waals surface area contributed by atoms with Crippen LogP contribution in [0.3, 0.4) is 0 Å². The quantitative estimate of drug-likeness (QED) is 0.743. The lowest BCUT2D eigenvalue weighted by Crippen LogP contribution is -2.47. The first-order chi connectivity index (χ1) is 10.7. The highest BCUT2D eigenvalue weighted by Gasteiger charge is 2.18. The third-order valence-corrected chi connectivity index (χ3v) is 3.31. The van der Waals surface area contributed by atoms with Crippen molar-refractivity contribution in [3.8, 4) is 0 Å². The van der Waals surface area contributed by atoms with Crippen molar-refractivity contribution in [2.24, 2.45) is 5.73 Å². The molecule has 1 aromatic carbocycles. The highest BCUT2D eigenvalue weighted by atomic mass is 16.2. The molecule has 3 N–H and O–H groups in total. The molecule has 0 aliphatic rings. The maximum atomic E-state index is 12.1. The van der Waals surface area contributed by atoms with Crippen LogP contribution in [0.25, 0.3) is 0 Å². The van der Waals surface area contributed by atoms with Crippen molar-refractivity contribution in [2.45, 2.75) is 24.9 Å². The molecule has 0 radical (unpaired) electrons. The molecule has 0 aliphatic heterocycles. The molecular weight excluding hydrogens is 278 g/mol. The molecule has 0 spiro atoms. The number of nitrogens with two attached hydrogens (primary N) is 1. The van der Waals surface area contributed by atoms with E-state index in [4.69, 9.17) is 5.73 Å². The van der Waals surface area contributed by atoms with Crippen LogP contribution in [0.2, 0.25) is 0 Å². The number of carbonyl (C=O) groups is 2. The molecule has 1 amide bonds. The van der Waals surface area contributed by atoms with E-state index < -0.39 is 12.1 Å². The van der Waals surface area contributed by atoms with Crippen LogP contribution in [0.15, 0.2) is 54.9 Å². The lowest BCUT2D eigenvalue weighted by atomic mass is 10.0. The van der Waals surface area contributed by atoms with Crippen molar-refractivity contribution in [3.05, 3.63) is 66.0 Å². The number of amides is 1. The van der Waals surface area contributed by atoms with E-state index in [9.17, 15) is 9.59 Å². The Balaban J connectivity index is 1.90. The summed E-state index contributed by atoms with van der Waals surface area (Å²) in [5.74, 6) is -0.329. The van der Waals surface area contributed by atoms with Crippen LogP contribution in [0.5, 0.6) is 0 Å². The first kappa shape index (κ1) is 15.9. The van der Waals surface area contributed by atoms with Crippen molar-refractivity contribution in [1.29, 1.82) is 0 Å². The molecular formula is C17H19N3O2. The highest BCUT2D eigenvalue weighted by molar-refractivity contribution is 5.84. The Bertz CT molecular complexity index is 602. The van der Waals surface area contributed by atoms with Gasteiger partial charge >= 0.3 is 0 Å². The second-order valence-electron chi connectivity index (χ2n) is 5.11. The van der Waals surface area contributed by atoms with E-state index in [1.54, 1.807) is 18.5 Å². The SMILES string of the molecule is N[C@@H](Cc1ccccc1)C(=O)N[C@@H](C=O)Cc1cccnc1. The highest BCUT2D eigenvalue weighted by Crippen LogP contribution is 2.03. The van der Waals surface area contributed by atoms with Crippen molar-refractivity contribution >= 4 is 12.2 Å². The molecule has 5 nitrogen and oxygen atoms in total. The Hall–Kier alpha value is -2.53. The van der Waals surface area contributed by atoms with E-state index in [0.717, 1.165) is 17.4 Å². The number of aldehydes is 1. The molecule has 2 atom stereocenters. The van der Waals surface area contributed by atoms with Gasteiger partial charge in [0.05, 0.1) is 12.1 Å². The molecule has 2 rings (SSSR count). The topological polar surface area (TPSA) is 85.1 Å². The van der Waals surface area contributed by atoms with Gasteiger partial charge in [-0.25, -0.2) is 0 Å². The van der Waals surface area contributed by atoms with E-state index >= 15 is 0 Å². The second-order valence-corrected chi connectivity index (χ2v) is 5.11. The van der Waals surface area contributed by atoms with Crippen LogP contribution >= 0.6 is 0 Å². The van der Waals surface area contributed by atoms with Crippen molar-refractivity contribution in [1.82, 2.24) is 10.3 Å². The smallest absolute Gasteiger partial charge is 0.237 e. The standard InChI is InChI=1S/C17H19N3O2/c18-16(10-13-5-2-1-3-6-13)17(22)20-15(12-21)9-14-7-4-8-19-11-14/h1-8,11-12,15-16H,9-10,18H2,(H,20,22)/t15-,16+/m1/s1. The van der Waals surface area contributed by atoms with E-state index in [1.807, 2.05) is 36.4 Å². The largest absolute Gasteiger partial charge is 0.345 e. The summed E-state index contributed by atoms with van der Waals surface area (Å²) in [6, 6.07) is 11.9. The van der Waals surface area contributed by atoms with Crippen LogP contribution in [0, 0.1) is 0 Å². The summed E-state index contributed by atoms with van der Waals surface area (Å²) in [6.45, 7) is 0. The average molecular weight is 297 g/mol. The van der Waals surface area contributed by atoms with Crippen molar-refractivity contribution in [2.75, 3.05) is 0 Å². The second kappa shape index (κ2) is 8.05. The molecule has 0 aliphatic carbocycles. The maximum Gasteiger partial charge on any atom is 0.237 e. The van der Waals surface area contributed by atoms with E-state index in [-0.39, 0.29) is 5.91 Å².